The van der Waals surface area contributed by atoms with Crippen LogP contribution in [0.5, 0.6) is 0 Å². The fourth-order valence-electron chi connectivity index (χ4n) is 2.42. The van der Waals surface area contributed by atoms with Gasteiger partial charge in [-0.05, 0) is 62.4 Å². The quantitative estimate of drug-likeness (QED) is 0.520. The number of ketones is 1. The number of aromatic nitrogens is 1. The van der Waals surface area contributed by atoms with Crippen LogP contribution in [-0.4, -0.2) is 21.9 Å². The Labute approximate surface area is 172 Å². The van der Waals surface area contributed by atoms with Gasteiger partial charge in [-0.15, -0.1) is 11.8 Å². The van der Waals surface area contributed by atoms with E-state index in [1.807, 2.05) is 19.1 Å². The molecular weight excluding hydrogens is 396 g/mol. The Morgan fingerprint density at radius 1 is 1.14 bits per heavy atom. The lowest BCUT2D eigenvalue weighted by atomic mass is 10.1. The summed E-state index contributed by atoms with van der Waals surface area (Å²) in [5.74, 6) is 0.957. The average Bonchev–Trinajstić information content (AvgIpc) is 3.16. The van der Waals surface area contributed by atoms with Crippen molar-refractivity contribution in [3.05, 3.63) is 71.1 Å². The Morgan fingerprint density at radius 2 is 1.82 bits per heavy atom. The second-order valence-corrected chi connectivity index (χ2v) is 7.99. The monoisotopic (exact) mass is 414 g/mol. The summed E-state index contributed by atoms with van der Waals surface area (Å²) in [7, 11) is 0. The maximum absolute atomic E-state index is 12.4. The average molecular weight is 415 g/mol. The molecule has 0 aliphatic heterocycles. The molecule has 3 rings (SSSR count). The zero-order chi connectivity index (χ0) is 20.1. The molecule has 1 atom stereocenters. The van der Waals surface area contributed by atoms with E-state index in [1.165, 1.54) is 18.7 Å². The van der Waals surface area contributed by atoms with E-state index in [0.29, 0.717) is 27.9 Å². The van der Waals surface area contributed by atoms with Gasteiger partial charge < -0.3 is 9.73 Å². The Bertz CT molecular complexity index is 968. The number of Topliss-reactive ketones (excluding diaryl/α,β-unsaturated/α-hetero) is 1. The van der Waals surface area contributed by atoms with Gasteiger partial charge in [-0.2, -0.15) is 0 Å². The van der Waals surface area contributed by atoms with Crippen LogP contribution in [0.15, 0.2) is 59.2 Å². The number of carbonyl (C=O) groups is 2. The number of anilines is 1. The van der Waals surface area contributed by atoms with E-state index in [1.54, 1.807) is 42.7 Å². The molecule has 0 bridgehead atoms. The summed E-state index contributed by atoms with van der Waals surface area (Å²) < 4.78 is 5.51. The molecule has 1 heterocycles. The Kier molecular flexibility index (Phi) is 6.54. The van der Waals surface area contributed by atoms with E-state index in [9.17, 15) is 9.59 Å². The van der Waals surface area contributed by atoms with Crippen molar-refractivity contribution in [3.8, 4) is 11.5 Å². The third kappa shape index (κ3) is 5.24. The van der Waals surface area contributed by atoms with Crippen molar-refractivity contribution in [2.75, 3.05) is 5.32 Å². The molecule has 0 unspecified atom stereocenters. The van der Waals surface area contributed by atoms with E-state index in [2.05, 4.69) is 10.3 Å². The predicted octanol–water partition coefficient (Wildman–Crippen LogP) is 5.46. The third-order valence-electron chi connectivity index (χ3n) is 4.05. The largest absolute Gasteiger partial charge is 0.444 e. The number of benzene rings is 2. The van der Waals surface area contributed by atoms with Crippen molar-refractivity contribution in [2.24, 2.45) is 0 Å². The molecule has 2 aromatic carbocycles. The molecule has 1 amide bonds. The van der Waals surface area contributed by atoms with Crippen LogP contribution in [-0.2, 0) is 10.5 Å². The van der Waals surface area contributed by atoms with Crippen LogP contribution in [0.3, 0.4) is 0 Å². The van der Waals surface area contributed by atoms with Crippen molar-refractivity contribution in [3.63, 3.8) is 0 Å². The minimum atomic E-state index is -0.275. The van der Waals surface area contributed by atoms with Gasteiger partial charge in [0.25, 0.3) is 0 Å². The molecule has 5 nitrogen and oxygen atoms in total. The van der Waals surface area contributed by atoms with Crippen LogP contribution >= 0.6 is 23.4 Å². The highest BCUT2D eigenvalue weighted by molar-refractivity contribution is 7.99. The Balaban J connectivity index is 1.53. The summed E-state index contributed by atoms with van der Waals surface area (Å²) in [5, 5.41) is 3.23. The first-order chi connectivity index (χ1) is 13.4. The van der Waals surface area contributed by atoms with Gasteiger partial charge in [-0.1, -0.05) is 11.6 Å². The standard InChI is InChI=1S/C21H19ClN2O3S/c1-13(25)15-5-9-18(10-6-15)23-20(26)14(2)28-12-19-11-27-21(24-19)16-3-7-17(22)8-4-16/h3-11,14H,12H2,1-2H3,(H,23,26)/t14-/m1/s1. The first-order valence-electron chi connectivity index (χ1n) is 8.66. The Hall–Kier alpha value is -2.57. The Morgan fingerprint density at radius 3 is 2.46 bits per heavy atom. The summed E-state index contributed by atoms with van der Waals surface area (Å²) in [6, 6.07) is 14.1. The first-order valence-corrected chi connectivity index (χ1v) is 10.1. The number of nitrogens with zero attached hydrogens (tertiary/aromatic N) is 1. The lowest BCUT2D eigenvalue weighted by Gasteiger charge is -2.11. The van der Waals surface area contributed by atoms with E-state index in [0.717, 1.165) is 11.3 Å². The van der Waals surface area contributed by atoms with E-state index >= 15 is 0 Å². The summed E-state index contributed by atoms with van der Waals surface area (Å²) in [4.78, 5) is 28.1. The second kappa shape index (κ2) is 9.08. The lowest BCUT2D eigenvalue weighted by Crippen LogP contribution is -2.22. The number of nitrogens with one attached hydrogen (secondary N) is 1. The van der Waals surface area contributed by atoms with Gasteiger partial charge in [0.1, 0.15) is 6.26 Å². The molecule has 1 N–H and O–H groups in total. The molecule has 0 fully saturated rings. The molecular formula is C21H19ClN2O3S. The molecule has 0 aliphatic rings. The van der Waals surface area contributed by atoms with Crippen molar-refractivity contribution in [1.82, 2.24) is 4.98 Å². The van der Waals surface area contributed by atoms with Crippen molar-refractivity contribution >= 4 is 40.7 Å². The minimum absolute atomic E-state index is 0.00705. The van der Waals surface area contributed by atoms with E-state index in [4.69, 9.17) is 16.0 Å². The number of thioether (sulfide) groups is 1. The molecule has 0 aliphatic carbocycles. The number of rotatable bonds is 7. The number of hydrogen-bond donors (Lipinski definition) is 1. The molecule has 144 valence electrons. The van der Waals surface area contributed by atoms with E-state index in [-0.39, 0.29) is 16.9 Å². The second-order valence-electron chi connectivity index (χ2n) is 6.23. The molecule has 3 aromatic rings. The molecule has 0 saturated carbocycles. The third-order valence-corrected chi connectivity index (χ3v) is 5.48. The van der Waals surface area contributed by atoms with Crippen molar-refractivity contribution in [1.29, 1.82) is 0 Å². The zero-order valence-electron chi connectivity index (χ0n) is 15.4. The van der Waals surface area contributed by atoms with Crippen LogP contribution < -0.4 is 5.32 Å². The highest BCUT2D eigenvalue weighted by Gasteiger charge is 2.15. The van der Waals surface area contributed by atoms with Crippen LogP contribution in [0.2, 0.25) is 5.02 Å². The van der Waals surface area contributed by atoms with Gasteiger partial charge in [0.15, 0.2) is 5.78 Å². The first kappa shape index (κ1) is 20.2. The smallest absolute Gasteiger partial charge is 0.237 e. The van der Waals surface area contributed by atoms with Gasteiger partial charge in [0.2, 0.25) is 11.8 Å². The topological polar surface area (TPSA) is 72.2 Å². The normalized spacial score (nSPS) is 11.8. The van der Waals surface area contributed by atoms with Gasteiger partial charge in [0, 0.05) is 27.6 Å². The number of halogens is 1. The fraction of sp³-hybridized carbons (Fsp3) is 0.190. The van der Waals surface area contributed by atoms with Gasteiger partial charge >= 0.3 is 0 Å². The van der Waals surface area contributed by atoms with Gasteiger partial charge in [-0.3, -0.25) is 9.59 Å². The number of hydrogen-bond acceptors (Lipinski definition) is 5. The summed E-state index contributed by atoms with van der Waals surface area (Å²) in [5.41, 5.74) is 2.89. The maximum atomic E-state index is 12.4. The lowest BCUT2D eigenvalue weighted by molar-refractivity contribution is -0.115. The van der Waals surface area contributed by atoms with Crippen LogP contribution in [0.4, 0.5) is 5.69 Å². The van der Waals surface area contributed by atoms with Crippen LogP contribution in [0.25, 0.3) is 11.5 Å². The van der Waals surface area contributed by atoms with Crippen molar-refractivity contribution < 1.29 is 14.0 Å². The van der Waals surface area contributed by atoms with Crippen LogP contribution in [0.1, 0.15) is 29.9 Å². The highest BCUT2D eigenvalue weighted by atomic mass is 35.5. The molecule has 28 heavy (non-hydrogen) atoms. The number of carbonyl (C=O) groups excluding carboxylic acids is 2. The van der Waals surface area contributed by atoms with Crippen LogP contribution in [0, 0.1) is 0 Å². The van der Waals surface area contributed by atoms with Gasteiger partial charge in [0.05, 0.1) is 10.9 Å². The minimum Gasteiger partial charge on any atom is -0.444 e. The SMILES string of the molecule is CC(=O)c1ccc(NC(=O)[C@@H](C)SCc2coc(-c3ccc(Cl)cc3)n2)cc1. The molecule has 0 radical (unpaired) electrons. The zero-order valence-corrected chi connectivity index (χ0v) is 17.0. The fourth-order valence-corrected chi connectivity index (χ4v) is 3.31. The van der Waals surface area contributed by atoms with Gasteiger partial charge in [-0.25, -0.2) is 4.98 Å². The molecule has 0 spiro atoms. The summed E-state index contributed by atoms with van der Waals surface area (Å²) in [6.07, 6.45) is 1.60. The molecule has 1 aromatic heterocycles. The van der Waals surface area contributed by atoms with E-state index < -0.39 is 0 Å². The molecule has 7 heteroatoms. The summed E-state index contributed by atoms with van der Waals surface area (Å²) in [6.45, 7) is 3.35. The molecule has 0 saturated heterocycles. The number of amides is 1. The highest BCUT2D eigenvalue weighted by Crippen LogP contribution is 2.24. The maximum Gasteiger partial charge on any atom is 0.237 e. The van der Waals surface area contributed by atoms with Crippen molar-refractivity contribution in [2.45, 2.75) is 24.9 Å². The predicted molar refractivity (Wildman–Crippen MR) is 113 cm³/mol. The number of oxazole rings is 1. The summed E-state index contributed by atoms with van der Waals surface area (Å²) >= 11 is 7.36.